The van der Waals surface area contributed by atoms with Crippen LogP contribution in [0.2, 0.25) is 0 Å². The molecule has 3 N–H and O–H groups in total. The summed E-state index contributed by atoms with van der Waals surface area (Å²) >= 11 is 0. The molecule has 156 valence electrons. The van der Waals surface area contributed by atoms with E-state index in [4.69, 9.17) is 5.11 Å². The van der Waals surface area contributed by atoms with Crippen molar-refractivity contribution >= 4 is 22.9 Å². The van der Waals surface area contributed by atoms with Crippen molar-refractivity contribution in [1.29, 1.82) is 0 Å². The van der Waals surface area contributed by atoms with Gasteiger partial charge in [0.15, 0.2) is 0 Å². The molecule has 4 rings (SSSR count). The Balaban J connectivity index is 1.54. The van der Waals surface area contributed by atoms with E-state index in [9.17, 15) is 19.1 Å². The van der Waals surface area contributed by atoms with Crippen LogP contribution < -0.4 is 5.32 Å². The highest BCUT2D eigenvalue weighted by Crippen LogP contribution is 2.26. The van der Waals surface area contributed by atoms with E-state index in [1.165, 1.54) is 12.1 Å². The van der Waals surface area contributed by atoms with Crippen LogP contribution in [0, 0.1) is 11.7 Å². The van der Waals surface area contributed by atoms with Crippen LogP contribution in [0.1, 0.15) is 11.3 Å². The molecule has 1 unspecified atom stereocenters. The number of amides is 2. The zero-order chi connectivity index (χ0) is 21.3. The first-order chi connectivity index (χ1) is 14.4. The highest BCUT2D eigenvalue weighted by molar-refractivity contribution is 5.83. The first-order valence-electron chi connectivity index (χ1n) is 9.72. The lowest BCUT2D eigenvalue weighted by Gasteiger charge is -2.32. The lowest BCUT2D eigenvalue weighted by Crippen LogP contribution is -2.45. The van der Waals surface area contributed by atoms with Crippen molar-refractivity contribution in [2.45, 2.75) is 19.5 Å². The third-order valence-corrected chi connectivity index (χ3v) is 5.47. The van der Waals surface area contributed by atoms with Crippen LogP contribution >= 0.6 is 0 Å². The molecule has 3 aromatic rings. The van der Waals surface area contributed by atoms with Gasteiger partial charge in [-0.05, 0) is 48.4 Å². The highest BCUT2D eigenvalue weighted by atomic mass is 19.1. The van der Waals surface area contributed by atoms with E-state index in [1.54, 1.807) is 35.2 Å². The molecular weight excluding hydrogens is 389 g/mol. The van der Waals surface area contributed by atoms with Crippen molar-refractivity contribution < 1.29 is 24.2 Å². The Morgan fingerprint density at radius 3 is 2.60 bits per heavy atom. The molecule has 0 fully saturated rings. The first kappa shape index (κ1) is 19.8. The Hall–Kier alpha value is -3.55. The monoisotopic (exact) mass is 411 g/mol. The summed E-state index contributed by atoms with van der Waals surface area (Å²) in [5, 5.41) is 21.6. The molecule has 8 heteroatoms. The molecule has 2 heterocycles. The van der Waals surface area contributed by atoms with Gasteiger partial charge in [-0.3, -0.25) is 4.79 Å². The molecule has 0 saturated heterocycles. The molecule has 7 nitrogen and oxygen atoms in total. The SMILES string of the molecule is O=C(O)NCC(Cc1ccc(O)cc1)C(=O)N1CCn2c(cc3cc(F)ccc32)C1. The summed E-state index contributed by atoms with van der Waals surface area (Å²) in [5.41, 5.74) is 2.69. The molecule has 0 saturated carbocycles. The molecule has 0 radical (unpaired) electrons. The first-order valence-corrected chi connectivity index (χ1v) is 9.72. The quantitative estimate of drug-likeness (QED) is 0.602. The van der Waals surface area contributed by atoms with Crippen LogP contribution in [0.25, 0.3) is 10.9 Å². The van der Waals surface area contributed by atoms with Gasteiger partial charge >= 0.3 is 6.09 Å². The topological polar surface area (TPSA) is 94.8 Å². The molecule has 2 amide bonds. The van der Waals surface area contributed by atoms with Crippen LogP contribution in [0.4, 0.5) is 9.18 Å². The van der Waals surface area contributed by atoms with Crippen LogP contribution in [0.3, 0.4) is 0 Å². The smallest absolute Gasteiger partial charge is 0.404 e. The third-order valence-electron chi connectivity index (χ3n) is 5.47. The Kier molecular flexibility index (Phi) is 5.31. The number of carbonyl (C=O) groups excluding carboxylic acids is 1. The molecule has 0 aliphatic carbocycles. The molecule has 1 aliphatic heterocycles. The van der Waals surface area contributed by atoms with E-state index in [0.29, 0.717) is 26.1 Å². The summed E-state index contributed by atoms with van der Waals surface area (Å²) in [6.45, 7) is 1.47. The van der Waals surface area contributed by atoms with Gasteiger partial charge in [0.1, 0.15) is 11.6 Å². The normalized spacial score (nSPS) is 14.4. The van der Waals surface area contributed by atoms with Crippen molar-refractivity contribution in [3.8, 4) is 5.75 Å². The molecule has 0 spiro atoms. The second kappa shape index (κ2) is 8.06. The fraction of sp³-hybridized carbons (Fsp3) is 0.273. The van der Waals surface area contributed by atoms with E-state index in [0.717, 1.165) is 22.2 Å². The highest BCUT2D eigenvalue weighted by Gasteiger charge is 2.29. The minimum absolute atomic E-state index is 0.000256. The largest absolute Gasteiger partial charge is 0.508 e. The predicted molar refractivity (Wildman–Crippen MR) is 109 cm³/mol. The summed E-state index contributed by atoms with van der Waals surface area (Å²) in [5.74, 6) is -0.879. The molecule has 1 atom stereocenters. The summed E-state index contributed by atoms with van der Waals surface area (Å²) in [4.78, 5) is 25.9. The standard InChI is InChI=1S/C22H22FN3O4/c23-17-3-6-20-15(10-17)11-18-13-25(7-8-26(18)20)21(28)16(12-24-22(29)30)9-14-1-4-19(27)5-2-14/h1-6,10-11,16,24,27H,7-9,12-13H2,(H,29,30). The van der Waals surface area contributed by atoms with Gasteiger partial charge in [0.25, 0.3) is 0 Å². The second-order valence-corrected chi connectivity index (χ2v) is 7.50. The molecule has 1 aromatic heterocycles. The number of phenols is 1. The van der Waals surface area contributed by atoms with Gasteiger partial charge in [0, 0.05) is 36.2 Å². The lowest BCUT2D eigenvalue weighted by molar-refractivity contribution is -0.136. The Morgan fingerprint density at radius 2 is 1.87 bits per heavy atom. The van der Waals surface area contributed by atoms with Crippen LogP contribution in [0.15, 0.2) is 48.5 Å². The summed E-state index contributed by atoms with van der Waals surface area (Å²) in [7, 11) is 0. The maximum atomic E-state index is 13.5. The van der Waals surface area contributed by atoms with Crippen molar-refractivity contribution in [2.75, 3.05) is 13.1 Å². The van der Waals surface area contributed by atoms with Crippen molar-refractivity contribution in [3.05, 3.63) is 65.6 Å². The molecule has 2 aromatic carbocycles. The van der Waals surface area contributed by atoms with E-state index in [-0.39, 0.29) is 24.0 Å². The van der Waals surface area contributed by atoms with E-state index in [1.807, 2.05) is 6.07 Å². The summed E-state index contributed by atoms with van der Waals surface area (Å²) < 4.78 is 15.6. The maximum Gasteiger partial charge on any atom is 0.404 e. The van der Waals surface area contributed by atoms with Crippen LogP contribution in [0.5, 0.6) is 5.75 Å². The van der Waals surface area contributed by atoms with Gasteiger partial charge in [-0.2, -0.15) is 0 Å². The number of rotatable bonds is 5. The minimum atomic E-state index is -1.18. The fourth-order valence-corrected chi connectivity index (χ4v) is 4.01. The molecule has 0 bridgehead atoms. The predicted octanol–water partition coefficient (Wildman–Crippen LogP) is 2.95. The van der Waals surface area contributed by atoms with Crippen molar-refractivity contribution in [2.24, 2.45) is 5.92 Å². The number of halogens is 1. The number of hydrogen-bond donors (Lipinski definition) is 3. The minimum Gasteiger partial charge on any atom is -0.508 e. The van der Waals surface area contributed by atoms with Crippen molar-refractivity contribution in [1.82, 2.24) is 14.8 Å². The number of fused-ring (bicyclic) bond motifs is 3. The molecule has 30 heavy (non-hydrogen) atoms. The Morgan fingerprint density at radius 1 is 1.10 bits per heavy atom. The summed E-state index contributed by atoms with van der Waals surface area (Å²) in [6.07, 6.45) is -0.830. The van der Waals surface area contributed by atoms with Gasteiger partial charge in [0.05, 0.1) is 12.5 Å². The number of carbonyl (C=O) groups is 2. The molecular formula is C22H22FN3O4. The number of nitrogens with one attached hydrogen (secondary N) is 1. The number of aromatic hydroxyl groups is 1. The van der Waals surface area contributed by atoms with Gasteiger partial charge < -0.3 is 25.0 Å². The van der Waals surface area contributed by atoms with E-state index >= 15 is 0 Å². The Labute approximate surface area is 172 Å². The van der Waals surface area contributed by atoms with Gasteiger partial charge in [-0.1, -0.05) is 12.1 Å². The van der Waals surface area contributed by atoms with E-state index in [2.05, 4.69) is 9.88 Å². The number of aromatic nitrogens is 1. The van der Waals surface area contributed by atoms with Crippen LogP contribution in [-0.4, -0.2) is 44.8 Å². The van der Waals surface area contributed by atoms with Crippen LogP contribution in [-0.2, 0) is 24.3 Å². The van der Waals surface area contributed by atoms with Crippen molar-refractivity contribution in [3.63, 3.8) is 0 Å². The average Bonchev–Trinajstić information content (AvgIpc) is 3.08. The number of nitrogens with zero attached hydrogens (tertiary/aromatic N) is 2. The van der Waals surface area contributed by atoms with E-state index < -0.39 is 12.0 Å². The third kappa shape index (κ3) is 4.07. The second-order valence-electron chi connectivity index (χ2n) is 7.50. The Bertz CT molecular complexity index is 1090. The zero-order valence-corrected chi connectivity index (χ0v) is 16.2. The fourth-order valence-electron chi connectivity index (χ4n) is 4.01. The lowest BCUT2D eigenvalue weighted by atomic mass is 9.97. The van der Waals surface area contributed by atoms with Gasteiger partial charge in [0.2, 0.25) is 5.91 Å². The van der Waals surface area contributed by atoms with Gasteiger partial charge in [-0.25, -0.2) is 9.18 Å². The summed E-state index contributed by atoms with van der Waals surface area (Å²) in [6, 6.07) is 13.1. The number of carboxylic acid groups (broad SMARTS) is 1. The number of phenolic OH excluding ortho intramolecular Hbond substituents is 1. The number of hydrogen-bond acceptors (Lipinski definition) is 3. The number of benzene rings is 2. The van der Waals surface area contributed by atoms with Gasteiger partial charge in [-0.15, -0.1) is 0 Å². The zero-order valence-electron chi connectivity index (χ0n) is 16.2. The molecule has 1 aliphatic rings. The maximum absolute atomic E-state index is 13.5. The average molecular weight is 411 g/mol.